The Morgan fingerprint density at radius 3 is 2.25 bits per heavy atom. The second-order valence-electron chi connectivity index (χ2n) is 9.69. The van der Waals surface area contributed by atoms with E-state index < -0.39 is 74.6 Å². The van der Waals surface area contributed by atoms with Gasteiger partial charge in [-0.25, -0.2) is 0 Å². The Morgan fingerprint density at radius 2 is 1.55 bits per heavy atom. The summed E-state index contributed by atoms with van der Waals surface area (Å²) in [7, 11) is 0. The summed E-state index contributed by atoms with van der Waals surface area (Å²) in [5.74, 6) is -0.516. The lowest BCUT2D eigenvalue weighted by Gasteiger charge is -2.45. The first-order chi connectivity index (χ1) is 19.1. The van der Waals surface area contributed by atoms with Gasteiger partial charge in [-0.3, -0.25) is 0 Å². The van der Waals surface area contributed by atoms with Crippen LogP contribution < -0.4 is 4.74 Å². The number of phenolic OH excluding ortho intramolecular Hbond substituents is 3. The van der Waals surface area contributed by atoms with Gasteiger partial charge in [-0.05, 0) is 18.2 Å². The number of hydrogen-bond acceptors (Lipinski definition) is 14. The summed E-state index contributed by atoms with van der Waals surface area (Å²) in [5.41, 5.74) is 0.604. The van der Waals surface area contributed by atoms with E-state index in [9.17, 15) is 46.0 Å². The largest absolute Gasteiger partial charge is 0.508 e. The summed E-state index contributed by atoms with van der Waals surface area (Å²) in [6.45, 7) is -1.11. The fourth-order valence-corrected chi connectivity index (χ4v) is 4.70. The number of aromatic hydroxyl groups is 3. The third kappa shape index (κ3) is 5.41. The maximum absolute atomic E-state index is 10.9. The highest BCUT2D eigenvalue weighted by atomic mass is 16.8. The van der Waals surface area contributed by atoms with E-state index >= 15 is 0 Å². The minimum absolute atomic E-state index is 0.00127. The lowest BCUT2D eigenvalue weighted by atomic mass is 9.98. The van der Waals surface area contributed by atoms with Gasteiger partial charge in [0.05, 0.1) is 18.8 Å². The highest BCUT2D eigenvalue weighted by Crippen LogP contribution is 2.45. The molecule has 40 heavy (non-hydrogen) atoms. The number of aliphatic hydroxyl groups is 6. The van der Waals surface area contributed by atoms with Crippen LogP contribution in [0.4, 0.5) is 0 Å². The average Bonchev–Trinajstić information content (AvgIpc) is 2.93. The molecule has 2 aromatic carbocycles. The van der Waals surface area contributed by atoms with Crippen LogP contribution in [0.2, 0.25) is 0 Å². The molecule has 9 N–H and O–H groups in total. The summed E-state index contributed by atoms with van der Waals surface area (Å²) in [5, 5.41) is 91.3. The first kappa shape index (κ1) is 28.4. The predicted octanol–water partition coefficient (Wildman–Crippen LogP) is -1.44. The molecule has 0 amide bonds. The number of phenols is 3. The molecule has 2 fully saturated rings. The van der Waals surface area contributed by atoms with E-state index in [0.29, 0.717) is 5.56 Å². The Hall–Kier alpha value is -3.18. The Kier molecular flexibility index (Phi) is 8.05. The SMILES string of the molecule is OC[C@@H]1O[C@@H](OC2=Cc3c(O)cc(O)cc3OC2c2ccc(O)cc2)[C@H](O[C@@H]2OC[C@H](O)[C@H](O)[C@@H]2O)[C@H](O)[C@@H]1O. The summed E-state index contributed by atoms with van der Waals surface area (Å²) in [6, 6.07) is 8.24. The molecule has 218 valence electrons. The maximum Gasteiger partial charge on any atom is 0.229 e. The van der Waals surface area contributed by atoms with Gasteiger partial charge in [-0.1, -0.05) is 12.1 Å². The molecule has 3 aliphatic rings. The van der Waals surface area contributed by atoms with Crippen LogP contribution in [0.5, 0.6) is 23.0 Å². The lowest BCUT2D eigenvalue weighted by Crippen LogP contribution is -2.63. The molecule has 14 nitrogen and oxygen atoms in total. The Bertz CT molecular complexity index is 1220. The fraction of sp³-hybridized carbons (Fsp3) is 0.462. The van der Waals surface area contributed by atoms with Crippen LogP contribution in [0.15, 0.2) is 42.2 Å². The normalized spacial score (nSPS) is 35.8. The Balaban J connectivity index is 1.50. The minimum atomic E-state index is -1.74. The van der Waals surface area contributed by atoms with Crippen LogP contribution in [0.25, 0.3) is 6.08 Å². The van der Waals surface area contributed by atoms with Crippen molar-refractivity contribution in [3.63, 3.8) is 0 Å². The number of fused-ring (bicyclic) bond motifs is 1. The van der Waals surface area contributed by atoms with Gasteiger partial charge >= 0.3 is 0 Å². The van der Waals surface area contributed by atoms with Gasteiger partial charge in [-0.15, -0.1) is 0 Å². The van der Waals surface area contributed by atoms with E-state index in [1.54, 1.807) is 0 Å². The topological polar surface area (TPSA) is 228 Å². The molecule has 0 aromatic heterocycles. The summed E-state index contributed by atoms with van der Waals surface area (Å²) in [6.07, 6.45) is -13.8. The van der Waals surface area contributed by atoms with Crippen molar-refractivity contribution in [3.05, 3.63) is 53.3 Å². The Labute approximate surface area is 227 Å². The van der Waals surface area contributed by atoms with E-state index in [1.807, 2.05) is 0 Å². The molecule has 14 heteroatoms. The molecule has 0 saturated carbocycles. The smallest absolute Gasteiger partial charge is 0.229 e. The highest BCUT2D eigenvalue weighted by molar-refractivity contribution is 5.69. The molecular weight excluding hydrogens is 536 g/mol. The van der Waals surface area contributed by atoms with Crippen molar-refractivity contribution >= 4 is 6.08 Å². The van der Waals surface area contributed by atoms with E-state index in [2.05, 4.69) is 0 Å². The number of aliphatic hydroxyl groups excluding tert-OH is 6. The third-order valence-electron chi connectivity index (χ3n) is 6.91. The van der Waals surface area contributed by atoms with Crippen molar-refractivity contribution in [2.75, 3.05) is 13.2 Å². The first-order valence-electron chi connectivity index (χ1n) is 12.4. The molecule has 0 bridgehead atoms. The predicted molar refractivity (Wildman–Crippen MR) is 131 cm³/mol. The van der Waals surface area contributed by atoms with E-state index in [0.717, 1.165) is 6.07 Å². The van der Waals surface area contributed by atoms with E-state index in [4.69, 9.17) is 23.7 Å². The van der Waals surface area contributed by atoms with Crippen LogP contribution in [-0.4, -0.2) is 114 Å². The van der Waals surface area contributed by atoms with Gasteiger partial charge < -0.3 is 69.6 Å². The molecule has 3 aliphatic heterocycles. The minimum Gasteiger partial charge on any atom is -0.508 e. The van der Waals surface area contributed by atoms with Crippen molar-refractivity contribution in [2.45, 2.75) is 61.4 Å². The first-order valence-corrected chi connectivity index (χ1v) is 12.4. The van der Waals surface area contributed by atoms with Crippen LogP contribution in [0, 0.1) is 0 Å². The number of rotatable bonds is 6. The van der Waals surface area contributed by atoms with Gasteiger partial charge in [-0.2, -0.15) is 0 Å². The summed E-state index contributed by atoms with van der Waals surface area (Å²) >= 11 is 0. The van der Waals surface area contributed by atoms with Crippen molar-refractivity contribution in [3.8, 4) is 23.0 Å². The van der Waals surface area contributed by atoms with Gasteiger partial charge in [0.25, 0.3) is 0 Å². The molecule has 3 heterocycles. The van der Waals surface area contributed by atoms with Gasteiger partial charge in [0, 0.05) is 17.7 Å². The summed E-state index contributed by atoms with van der Waals surface area (Å²) < 4.78 is 28.8. The standard InChI is InChI=1S/C26H30O14/c27-8-18-20(33)21(34)24(40-25-22(35)19(32)15(31)9-36-25)26(39-18)38-17-7-13-14(30)5-12(29)6-16(13)37-23(17)10-1-3-11(28)4-2-10/h1-7,15,18-35H,8-9H2/t15-,18-,19-,20+,21+,22-,23?,24+,25-,26+/m0/s1. The van der Waals surface area contributed by atoms with Crippen LogP contribution in [0.3, 0.4) is 0 Å². The molecule has 10 atom stereocenters. The number of benzene rings is 2. The van der Waals surface area contributed by atoms with Crippen LogP contribution in [-0.2, 0) is 18.9 Å². The molecule has 2 saturated heterocycles. The molecule has 5 rings (SSSR count). The molecule has 0 spiro atoms. The fourth-order valence-electron chi connectivity index (χ4n) is 4.70. The van der Waals surface area contributed by atoms with Crippen molar-refractivity contribution in [1.82, 2.24) is 0 Å². The zero-order valence-corrected chi connectivity index (χ0v) is 20.8. The van der Waals surface area contributed by atoms with E-state index in [1.165, 1.54) is 36.4 Å². The van der Waals surface area contributed by atoms with E-state index in [-0.39, 0.29) is 34.3 Å². The van der Waals surface area contributed by atoms with Crippen LogP contribution >= 0.6 is 0 Å². The second-order valence-corrected chi connectivity index (χ2v) is 9.69. The zero-order valence-electron chi connectivity index (χ0n) is 20.8. The zero-order chi connectivity index (χ0) is 28.7. The van der Waals surface area contributed by atoms with Gasteiger partial charge in [0.1, 0.15) is 65.4 Å². The lowest BCUT2D eigenvalue weighted by molar-refractivity contribution is -0.352. The number of hydrogen-bond donors (Lipinski definition) is 9. The maximum atomic E-state index is 10.9. The van der Waals surface area contributed by atoms with Gasteiger partial charge in [0.15, 0.2) is 18.5 Å². The van der Waals surface area contributed by atoms with Crippen LogP contribution in [0.1, 0.15) is 17.2 Å². The molecular formula is C26H30O14. The van der Waals surface area contributed by atoms with Crippen molar-refractivity contribution in [2.24, 2.45) is 0 Å². The Morgan fingerprint density at radius 1 is 0.825 bits per heavy atom. The quantitative estimate of drug-likeness (QED) is 0.195. The average molecular weight is 567 g/mol. The molecule has 0 radical (unpaired) electrons. The molecule has 1 unspecified atom stereocenters. The summed E-state index contributed by atoms with van der Waals surface area (Å²) in [4.78, 5) is 0. The monoisotopic (exact) mass is 566 g/mol. The number of ether oxygens (including phenoxy) is 5. The molecule has 2 aromatic rings. The second kappa shape index (κ2) is 11.4. The highest BCUT2D eigenvalue weighted by Gasteiger charge is 2.50. The third-order valence-corrected chi connectivity index (χ3v) is 6.91. The van der Waals surface area contributed by atoms with Gasteiger partial charge in [0.2, 0.25) is 6.29 Å². The van der Waals surface area contributed by atoms with Crippen molar-refractivity contribution in [1.29, 1.82) is 0 Å². The molecule has 0 aliphatic carbocycles. The van der Waals surface area contributed by atoms with Crippen molar-refractivity contribution < 1.29 is 69.6 Å².